The molecule has 30 heavy (non-hydrogen) atoms. The normalized spacial score (nSPS) is 21.9. The first-order valence-corrected chi connectivity index (χ1v) is 10.7. The molecule has 2 aromatic rings. The van der Waals surface area contributed by atoms with Crippen LogP contribution in [0.15, 0.2) is 60.7 Å². The Balaban J connectivity index is 1.33. The number of hydroxylamine groups is 1. The first kappa shape index (κ1) is 20.6. The molecule has 158 valence electrons. The first-order chi connectivity index (χ1) is 14.6. The number of likely N-dealkylation sites (tertiary alicyclic amines) is 1. The number of amides is 1. The maximum absolute atomic E-state index is 12.9. The van der Waals surface area contributed by atoms with Crippen LogP contribution in [0.25, 0.3) is 5.70 Å². The number of rotatable bonds is 6. The third-order valence-corrected chi connectivity index (χ3v) is 5.99. The molecule has 5 heteroatoms. The molecule has 2 aliphatic rings. The smallest absolute Gasteiger partial charge is 0.253 e. The Morgan fingerprint density at radius 2 is 1.83 bits per heavy atom. The zero-order chi connectivity index (χ0) is 21.0. The molecule has 0 saturated carbocycles. The maximum Gasteiger partial charge on any atom is 0.253 e. The number of benzene rings is 2. The molecule has 1 amide bonds. The minimum absolute atomic E-state index is 0.119. The summed E-state index contributed by atoms with van der Waals surface area (Å²) in [5, 5.41) is 0. The topological polar surface area (TPSA) is 50.8 Å². The Hall–Kier alpha value is -2.63. The summed E-state index contributed by atoms with van der Waals surface area (Å²) < 4.78 is 5.21. The van der Waals surface area contributed by atoms with Crippen LogP contribution in [0.4, 0.5) is 0 Å². The molecule has 2 aliphatic heterocycles. The minimum Gasteiger partial charge on any atom is -0.381 e. The molecule has 1 atom stereocenters. The lowest BCUT2D eigenvalue weighted by Crippen LogP contribution is -2.38. The fourth-order valence-corrected chi connectivity index (χ4v) is 4.30. The predicted octanol–water partition coefficient (Wildman–Crippen LogP) is 4.06. The predicted molar refractivity (Wildman–Crippen MR) is 118 cm³/mol. The molecule has 2 heterocycles. The molecule has 0 aliphatic carbocycles. The zero-order valence-electron chi connectivity index (χ0n) is 17.8. The van der Waals surface area contributed by atoms with Gasteiger partial charge in [0.25, 0.3) is 5.91 Å². The molecule has 0 spiro atoms. The van der Waals surface area contributed by atoms with Crippen LogP contribution in [0, 0.1) is 5.92 Å². The first-order valence-electron chi connectivity index (χ1n) is 10.7. The lowest BCUT2D eigenvalue weighted by Gasteiger charge is -2.32. The van der Waals surface area contributed by atoms with Crippen molar-refractivity contribution in [2.75, 3.05) is 26.8 Å². The Morgan fingerprint density at radius 3 is 2.50 bits per heavy atom. The average molecular weight is 407 g/mol. The summed E-state index contributed by atoms with van der Waals surface area (Å²) in [5.41, 5.74) is 6.50. The highest BCUT2D eigenvalue weighted by atomic mass is 16.7. The van der Waals surface area contributed by atoms with Crippen molar-refractivity contribution in [1.82, 2.24) is 10.4 Å². The third kappa shape index (κ3) is 4.74. The van der Waals surface area contributed by atoms with Crippen LogP contribution in [0.5, 0.6) is 0 Å². The minimum atomic E-state index is -0.483. The molecular formula is C25H30N2O3. The van der Waals surface area contributed by atoms with E-state index >= 15 is 0 Å². The number of nitrogens with one attached hydrogen (secondary N) is 1. The van der Waals surface area contributed by atoms with Crippen molar-refractivity contribution in [2.45, 2.75) is 31.8 Å². The number of nitrogens with zero attached hydrogens (tertiary/aromatic N) is 1. The average Bonchev–Trinajstić information content (AvgIpc) is 3.17. The molecule has 1 fully saturated rings. The van der Waals surface area contributed by atoms with E-state index in [9.17, 15) is 4.79 Å². The van der Waals surface area contributed by atoms with Gasteiger partial charge in [0.1, 0.15) is 5.60 Å². The summed E-state index contributed by atoms with van der Waals surface area (Å²) in [6.45, 7) is 4.10. The van der Waals surface area contributed by atoms with E-state index in [2.05, 4.69) is 35.8 Å². The highest BCUT2D eigenvalue weighted by molar-refractivity contribution is 5.94. The van der Waals surface area contributed by atoms with Crippen molar-refractivity contribution in [1.29, 1.82) is 0 Å². The van der Waals surface area contributed by atoms with E-state index < -0.39 is 5.60 Å². The van der Waals surface area contributed by atoms with Crippen molar-refractivity contribution < 1.29 is 14.4 Å². The lowest BCUT2D eigenvalue weighted by molar-refractivity contribution is -0.0634. The molecule has 0 bridgehead atoms. The molecule has 0 aromatic heterocycles. The summed E-state index contributed by atoms with van der Waals surface area (Å²) >= 11 is 0. The Morgan fingerprint density at radius 1 is 1.13 bits per heavy atom. The lowest BCUT2D eigenvalue weighted by atomic mass is 9.90. The molecular weight excluding hydrogens is 376 g/mol. The van der Waals surface area contributed by atoms with E-state index in [1.165, 1.54) is 5.56 Å². The van der Waals surface area contributed by atoms with Crippen molar-refractivity contribution in [3.63, 3.8) is 0 Å². The van der Waals surface area contributed by atoms with Gasteiger partial charge < -0.3 is 9.64 Å². The van der Waals surface area contributed by atoms with Crippen LogP contribution in [0.1, 0.15) is 41.3 Å². The van der Waals surface area contributed by atoms with Gasteiger partial charge in [-0.1, -0.05) is 42.5 Å². The number of hydrogen-bond donors (Lipinski definition) is 1. The fraction of sp³-hybridized carbons (Fsp3) is 0.400. The van der Waals surface area contributed by atoms with Crippen LogP contribution in [-0.4, -0.2) is 43.2 Å². The summed E-state index contributed by atoms with van der Waals surface area (Å²) in [6, 6.07) is 18.4. The van der Waals surface area contributed by atoms with Gasteiger partial charge >= 0.3 is 0 Å². The summed E-state index contributed by atoms with van der Waals surface area (Å²) in [7, 11) is 1.66. The SMILES string of the molecule is COCC1(C)C=C(c2ccc(C(=O)N3CCC(Cc4ccccc4)CC3)cc2)NO1. The van der Waals surface area contributed by atoms with Crippen LogP contribution in [-0.2, 0) is 16.0 Å². The second kappa shape index (κ2) is 9.02. The van der Waals surface area contributed by atoms with Crippen molar-refractivity contribution in [3.05, 3.63) is 77.4 Å². The molecule has 0 radical (unpaired) electrons. The molecule has 5 nitrogen and oxygen atoms in total. The Kier molecular flexibility index (Phi) is 6.21. The number of piperidine rings is 1. The van der Waals surface area contributed by atoms with Crippen LogP contribution in [0.3, 0.4) is 0 Å². The van der Waals surface area contributed by atoms with E-state index in [0.717, 1.165) is 49.2 Å². The number of carbonyl (C=O) groups excluding carboxylic acids is 1. The number of carbonyl (C=O) groups is 1. The molecule has 1 N–H and O–H groups in total. The van der Waals surface area contributed by atoms with Gasteiger partial charge in [-0.25, -0.2) is 0 Å². The van der Waals surface area contributed by atoms with Crippen molar-refractivity contribution in [2.24, 2.45) is 5.92 Å². The Labute approximate surface area is 178 Å². The van der Waals surface area contributed by atoms with Crippen molar-refractivity contribution >= 4 is 11.6 Å². The van der Waals surface area contributed by atoms with Gasteiger partial charge in [0.15, 0.2) is 0 Å². The monoisotopic (exact) mass is 406 g/mol. The van der Waals surface area contributed by atoms with Crippen molar-refractivity contribution in [3.8, 4) is 0 Å². The van der Waals surface area contributed by atoms with Gasteiger partial charge in [-0.05, 0) is 61.4 Å². The van der Waals surface area contributed by atoms with E-state index in [0.29, 0.717) is 12.5 Å². The standard InChI is InChI=1S/C25H30N2O3/c1-25(18-29-2)17-23(26-30-25)21-8-10-22(11-9-21)24(28)27-14-12-20(13-15-27)16-19-6-4-3-5-7-19/h3-11,17,20,26H,12-16,18H2,1-2H3. The number of hydrogen-bond acceptors (Lipinski definition) is 4. The highest BCUT2D eigenvalue weighted by Crippen LogP contribution is 2.27. The van der Waals surface area contributed by atoms with Gasteiger partial charge in [0.05, 0.1) is 12.3 Å². The highest BCUT2D eigenvalue weighted by Gasteiger charge is 2.30. The Bertz CT molecular complexity index is 886. The van der Waals surface area contributed by atoms with E-state index in [4.69, 9.17) is 9.57 Å². The summed E-state index contributed by atoms with van der Waals surface area (Å²) in [4.78, 5) is 20.6. The largest absolute Gasteiger partial charge is 0.381 e. The second-order valence-electron chi connectivity index (χ2n) is 8.51. The van der Waals surface area contributed by atoms with Crippen LogP contribution >= 0.6 is 0 Å². The number of methoxy groups -OCH3 is 1. The fourth-order valence-electron chi connectivity index (χ4n) is 4.30. The van der Waals surface area contributed by atoms with Crippen LogP contribution < -0.4 is 5.48 Å². The van der Waals surface area contributed by atoms with Gasteiger partial charge in [0, 0.05) is 25.8 Å². The van der Waals surface area contributed by atoms with Gasteiger partial charge in [-0.3, -0.25) is 15.1 Å². The molecule has 1 unspecified atom stereocenters. The van der Waals surface area contributed by atoms with Gasteiger partial charge in [-0.2, -0.15) is 0 Å². The summed E-state index contributed by atoms with van der Waals surface area (Å²) in [5.74, 6) is 0.772. The summed E-state index contributed by atoms with van der Waals surface area (Å²) in [6.07, 6.45) is 5.24. The van der Waals surface area contributed by atoms with Gasteiger partial charge in [0.2, 0.25) is 0 Å². The van der Waals surface area contributed by atoms with E-state index in [1.54, 1.807) is 7.11 Å². The van der Waals surface area contributed by atoms with Gasteiger partial charge in [-0.15, -0.1) is 0 Å². The van der Waals surface area contributed by atoms with Crippen LogP contribution in [0.2, 0.25) is 0 Å². The number of ether oxygens (including phenoxy) is 1. The van der Waals surface area contributed by atoms with E-state index in [1.807, 2.05) is 42.2 Å². The molecule has 1 saturated heterocycles. The second-order valence-corrected chi connectivity index (χ2v) is 8.51. The third-order valence-electron chi connectivity index (χ3n) is 5.99. The molecule has 4 rings (SSSR count). The van der Waals surface area contributed by atoms with E-state index in [-0.39, 0.29) is 5.91 Å². The zero-order valence-corrected chi connectivity index (χ0v) is 17.8. The maximum atomic E-state index is 12.9. The molecule has 2 aromatic carbocycles. The quantitative estimate of drug-likeness (QED) is 0.786.